The molecule has 160 valence electrons. The van der Waals surface area contributed by atoms with E-state index in [1.54, 1.807) is 4.90 Å². The van der Waals surface area contributed by atoms with Crippen LogP contribution in [0, 0.1) is 0 Å². The Balaban J connectivity index is 1.23. The molecule has 30 heavy (non-hydrogen) atoms. The second kappa shape index (κ2) is 9.96. The molecule has 6 heteroatoms. The molecule has 1 saturated heterocycles. The first-order chi connectivity index (χ1) is 14.7. The third kappa shape index (κ3) is 5.32. The number of piperazine rings is 1. The normalized spacial score (nSPS) is 21.2. The number of hydrogen-bond acceptors (Lipinski definition) is 3. The van der Waals surface area contributed by atoms with Gasteiger partial charge < -0.3 is 24.6 Å². The van der Waals surface area contributed by atoms with E-state index in [0.717, 1.165) is 57.1 Å². The lowest BCUT2D eigenvalue weighted by atomic mass is 10.0. The van der Waals surface area contributed by atoms with Crippen LogP contribution in [0.4, 0.5) is 0 Å². The summed E-state index contributed by atoms with van der Waals surface area (Å²) in [5.41, 5.74) is 2.47. The first-order valence-electron chi connectivity index (χ1n) is 11.1. The third-order valence-corrected chi connectivity index (χ3v) is 6.08. The number of carbonyl (C=O) groups is 1. The van der Waals surface area contributed by atoms with Gasteiger partial charge in [-0.25, -0.2) is 0 Å². The second-order valence-corrected chi connectivity index (χ2v) is 8.36. The van der Waals surface area contributed by atoms with Crippen molar-refractivity contribution in [2.75, 3.05) is 39.5 Å². The first kappa shape index (κ1) is 20.7. The minimum Gasteiger partial charge on any atom is -0.454 e. The van der Waals surface area contributed by atoms with Gasteiger partial charge in [-0.05, 0) is 30.2 Å². The van der Waals surface area contributed by atoms with Gasteiger partial charge in [0.25, 0.3) is 5.91 Å². The number of carbonyl (C=O) groups excluding carboxylic acids is 1. The Morgan fingerprint density at radius 3 is 2.50 bits per heavy atom. The first-order valence-corrected chi connectivity index (χ1v) is 11.1. The molecule has 2 aromatic carbocycles. The van der Waals surface area contributed by atoms with Crippen LogP contribution in [0.5, 0.6) is 11.5 Å². The van der Waals surface area contributed by atoms with Crippen LogP contribution in [0.2, 0.25) is 0 Å². The predicted molar refractivity (Wildman–Crippen MR) is 115 cm³/mol. The van der Waals surface area contributed by atoms with Gasteiger partial charge in [0.2, 0.25) is 6.79 Å². The molecule has 0 saturated carbocycles. The van der Waals surface area contributed by atoms with Crippen molar-refractivity contribution in [3.63, 3.8) is 0 Å². The summed E-state index contributed by atoms with van der Waals surface area (Å²) in [6.07, 6.45) is 2.02. The molecule has 4 rings (SSSR count). The van der Waals surface area contributed by atoms with Gasteiger partial charge in [-0.2, -0.15) is 0 Å². The van der Waals surface area contributed by atoms with Crippen molar-refractivity contribution in [1.29, 1.82) is 0 Å². The van der Waals surface area contributed by atoms with E-state index in [4.69, 9.17) is 9.47 Å². The van der Waals surface area contributed by atoms with Crippen molar-refractivity contribution in [2.24, 2.45) is 0 Å². The van der Waals surface area contributed by atoms with Gasteiger partial charge in [0.15, 0.2) is 18.0 Å². The van der Waals surface area contributed by atoms with Crippen molar-refractivity contribution < 1.29 is 24.1 Å². The summed E-state index contributed by atoms with van der Waals surface area (Å²) >= 11 is 0. The minimum atomic E-state index is 0.112. The Hall–Kier alpha value is -2.57. The van der Waals surface area contributed by atoms with Gasteiger partial charge in [0.05, 0.1) is 6.04 Å². The summed E-state index contributed by atoms with van der Waals surface area (Å²) < 4.78 is 10.9. The van der Waals surface area contributed by atoms with Gasteiger partial charge in [0.1, 0.15) is 32.7 Å². The lowest BCUT2D eigenvalue weighted by molar-refractivity contribution is -1.02. The van der Waals surface area contributed by atoms with Crippen LogP contribution < -0.4 is 24.6 Å². The molecule has 2 aliphatic heterocycles. The van der Waals surface area contributed by atoms with E-state index in [1.165, 1.54) is 16.0 Å². The standard InChI is InChI=1S/C24H31N3O3/c1-2-6-21(20-7-4-3-5-8-20)25-24(28)17-27-13-11-26(12-14-27)16-19-9-10-22-23(15-19)30-18-29-22/h3-5,7-10,15,21H,2,6,11-14,16-18H2,1H3,(H,25,28)/p+2/t21-/m1/s1. The average molecular weight is 412 g/mol. The molecule has 0 spiro atoms. The van der Waals surface area contributed by atoms with Gasteiger partial charge in [0, 0.05) is 5.56 Å². The maximum absolute atomic E-state index is 12.7. The number of hydrogen-bond donors (Lipinski definition) is 3. The number of rotatable bonds is 8. The smallest absolute Gasteiger partial charge is 0.275 e. The quantitative estimate of drug-likeness (QED) is 0.588. The summed E-state index contributed by atoms with van der Waals surface area (Å²) in [6.45, 7) is 8.23. The lowest BCUT2D eigenvalue weighted by Gasteiger charge is -2.30. The second-order valence-electron chi connectivity index (χ2n) is 8.36. The number of nitrogens with one attached hydrogen (secondary N) is 3. The minimum absolute atomic E-state index is 0.112. The molecule has 0 aromatic heterocycles. The fraction of sp³-hybridized carbons (Fsp3) is 0.458. The third-order valence-electron chi connectivity index (χ3n) is 6.08. The molecule has 2 heterocycles. The Labute approximate surface area is 178 Å². The van der Waals surface area contributed by atoms with Crippen molar-refractivity contribution in [3.8, 4) is 11.5 Å². The van der Waals surface area contributed by atoms with Crippen LogP contribution in [0.25, 0.3) is 0 Å². The molecule has 0 aliphatic carbocycles. The van der Waals surface area contributed by atoms with Crippen molar-refractivity contribution in [1.82, 2.24) is 5.32 Å². The summed E-state index contributed by atoms with van der Waals surface area (Å²) in [6, 6.07) is 16.6. The molecule has 1 fully saturated rings. The van der Waals surface area contributed by atoms with Crippen LogP contribution in [0.3, 0.4) is 0 Å². The van der Waals surface area contributed by atoms with Crippen LogP contribution in [-0.4, -0.2) is 45.4 Å². The summed E-state index contributed by atoms with van der Waals surface area (Å²) in [4.78, 5) is 15.6. The van der Waals surface area contributed by atoms with Crippen LogP contribution >= 0.6 is 0 Å². The highest BCUT2D eigenvalue weighted by molar-refractivity contribution is 5.77. The average Bonchev–Trinajstić information content (AvgIpc) is 3.23. The topological polar surface area (TPSA) is 56.4 Å². The van der Waals surface area contributed by atoms with Crippen LogP contribution in [0.1, 0.15) is 36.9 Å². The van der Waals surface area contributed by atoms with E-state index in [9.17, 15) is 4.79 Å². The number of fused-ring (bicyclic) bond motifs is 1. The summed E-state index contributed by atoms with van der Waals surface area (Å²) in [5.74, 6) is 1.85. The van der Waals surface area contributed by atoms with Crippen molar-refractivity contribution in [2.45, 2.75) is 32.4 Å². The Bertz CT molecular complexity index is 835. The predicted octanol–water partition coefficient (Wildman–Crippen LogP) is 0.356. The van der Waals surface area contributed by atoms with E-state index in [0.29, 0.717) is 13.3 Å². The lowest BCUT2D eigenvalue weighted by Crippen LogP contribution is -3.28. The Morgan fingerprint density at radius 2 is 1.73 bits per heavy atom. The molecule has 6 nitrogen and oxygen atoms in total. The zero-order chi connectivity index (χ0) is 20.8. The maximum Gasteiger partial charge on any atom is 0.275 e. The van der Waals surface area contributed by atoms with E-state index < -0.39 is 0 Å². The molecule has 3 N–H and O–H groups in total. The number of quaternary nitrogens is 2. The largest absolute Gasteiger partial charge is 0.454 e. The highest BCUT2D eigenvalue weighted by Crippen LogP contribution is 2.32. The molecular formula is C24H33N3O3+2. The Morgan fingerprint density at radius 1 is 1.00 bits per heavy atom. The number of ether oxygens (including phenoxy) is 2. The zero-order valence-electron chi connectivity index (χ0n) is 17.8. The van der Waals surface area contributed by atoms with Crippen molar-refractivity contribution >= 4 is 5.91 Å². The van der Waals surface area contributed by atoms with Gasteiger partial charge in [-0.1, -0.05) is 43.7 Å². The van der Waals surface area contributed by atoms with Crippen molar-refractivity contribution in [3.05, 3.63) is 59.7 Å². The van der Waals surface area contributed by atoms with E-state index in [2.05, 4.69) is 36.5 Å². The monoisotopic (exact) mass is 411 g/mol. The van der Waals surface area contributed by atoms with E-state index in [-0.39, 0.29) is 11.9 Å². The number of benzene rings is 2. The SMILES string of the molecule is CCC[C@@H](NC(=O)C[NH+]1CC[NH+](Cc2ccc3c(c2)OCO3)CC1)c1ccccc1. The van der Waals surface area contributed by atoms with Gasteiger partial charge in [-0.15, -0.1) is 0 Å². The van der Waals surface area contributed by atoms with E-state index >= 15 is 0 Å². The van der Waals surface area contributed by atoms with E-state index in [1.807, 2.05) is 24.3 Å². The maximum atomic E-state index is 12.7. The molecule has 1 amide bonds. The van der Waals surface area contributed by atoms with Gasteiger partial charge in [-0.3, -0.25) is 4.79 Å². The molecule has 1 atom stereocenters. The summed E-state index contributed by atoms with van der Waals surface area (Å²) in [5, 5.41) is 3.26. The fourth-order valence-electron chi connectivity index (χ4n) is 4.42. The molecule has 0 bridgehead atoms. The van der Waals surface area contributed by atoms with Crippen LogP contribution in [-0.2, 0) is 11.3 Å². The molecule has 0 radical (unpaired) electrons. The zero-order valence-corrected chi connectivity index (χ0v) is 17.8. The fourth-order valence-corrected chi connectivity index (χ4v) is 4.42. The molecular weight excluding hydrogens is 378 g/mol. The van der Waals surface area contributed by atoms with Gasteiger partial charge >= 0.3 is 0 Å². The molecule has 0 unspecified atom stereocenters. The summed E-state index contributed by atoms with van der Waals surface area (Å²) in [7, 11) is 0. The van der Waals surface area contributed by atoms with Crippen LogP contribution in [0.15, 0.2) is 48.5 Å². The number of amides is 1. The molecule has 2 aromatic rings. The Kier molecular flexibility index (Phi) is 6.87. The molecule has 2 aliphatic rings. The highest BCUT2D eigenvalue weighted by Gasteiger charge is 2.26. The highest BCUT2D eigenvalue weighted by atomic mass is 16.7.